The number of nitrogens with one attached hydrogen (secondary N) is 2. The molecule has 0 aliphatic heterocycles. The summed E-state index contributed by atoms with van der Waals surface area (Å²) in [7, 11) is 0. The van der Waals surface area contributed by atoms with Crippen molar-refractivity contribution in [1.29, 1.82) is 0 Å². The van der Waals surface area contributed by atoms with Gasteiger partial charge >= 0.3 is 0 Å². The van der Waals surface area contributed by atoms with E-state index >= 15 is 0 Å². The van der Waals surface area contributed by atoms with Crippen molar-refractivity contribution < 1.29 is 14.6 Å². The molecule has 0 saturated heterocycles. The molecule has 96 valence electrons. The zero-order valence-corrected chi connectivity index (χ0v) is 9.92. The fourth-order valence-electron chi connectivity index (χ4n) is 1.56. The fourth-order valence-corrected chi connectivity index (χ4v) is 1.84. The van der Waals surface area contributed by atoms with Gasteiger partial charge in [-0.15, -0.1) is 0 Å². The standard InChI is InChI=1S/C11H11ClFN3O2/c12-7-1-5(13)2-8(14)6(7)4-15-9-3-10(17)16-11(9)18/h1-3,15-18H,4,14H2. The molecule has 6 N–H and O–H groups in total. The van der Waals surface area contributed by atoms with Crippen LogP contribution in [0.15, 0.2) is 18.2 Å². The highest BCUT2D eigenvalue weighted by atomic mass is 35.5. The van der Waals surface area contributed by atoms with Gasteiger partial charge < -0.3 is 21.3 Å². The monoisotopic (exact) mass is 271 g/mol. The zero-order chi connectivity index (χ0) is 13.3. The summed E-state index contributed by atoms with van der Waals surface area (Å²) < 4.78 is 13.0. The number of anilines is 2. The summed E-state index contributed by atoms with van der Waals surface area (Å²) in [6.07, 6.45) is 0. The maximum Gasteiger partial charge on any atom is 0.215 e. The Kier molecular flexibility index (Phi) is 3.20. The molecule has 2 aromatic rings. The number of hydrogen-bond acceptors (Lipinski definition) is 4. The Morgan fingerprint density at radius 1 is 1.33 bits per heavy atom. The van der Waals surface area contributed by atoms with Crippen LogP contribution in [0.4, 0.5) is 15.8 Å². The fraction of sp³-hybridized carbons (Fsp3) is 0.0909. The summed E-state index contributed by atoms with van der Waals surface area (Å²) in [6, 6.07) is 3.63. The van der Waals surface area contributed by atoms with Crippen LogP contribution in [-0.4, -0.2) is 15.2 Å². The lowest BCUT2D eigenvalue weighted by atomic mass is 10.1. The van der Waals surface area contributed by atoms with Crippen molar-refractivity contribution in [2.45, 2.75) is 6.54 Å². The molecule has 0 unspecified atom stereocenters. The van der Waals surface area contributed by atoms with Crippen molar-refractivity contribution in [3.8, 4) is 11.8 Å². The Labute approximate surface area is 107 Å². The maximum absolute atomic E-state index is 13.0. The van der Waals surface area contributed by atoms with Gasteiger partial charge in [-0.1, -0.05) is 11.6 Å². The topological polar surface area (TPSA) is 94.3 Å². The first kappa shape index (κ1) is 12.4. The Morgan fingerprint density at radius 2 is 2.06 bits per heavy atom. The second-order valence-electron chi connectivity index (χ2n) is 3.73. The molecule has 5 nitrogen and oxygen atoms in total. The second-order valence-corrected chi connectivity index (χ2v) is 4.13. The first-order valence-electron chi connectivity index (χ1n) is 5.05. The van der Waals surface area contributed by atoms with Gasteiger partial charge in [-0.25, -0.2) is 4.39 Å². The molecule has 1 aromatic carbocycles. The average molecular weight is 272 g/mol. The molecule has 0 saturated carbocycles. The van der Waals surface area contributed by atoms with E-state index in [1.54, 1.807) is 0 Å². The lowest BCUT2D eigenvalue weighted by Gasteiger charge is -2.10. The van der Waals surface area contributed by atoms with Crippen LogP contribution >= 0.6 is 11.6 Å². The molecule has 0 atom stereocenters. The average Bonchev–Trinajstić information content (AvgIpc) is 2.55. The molecule has 7 heteroatoms. The van der Waals surface area contributed by atoms with E-state index in [1.807, 2.05) is 0 Å². The molecule has 2 rings (SSSR count). The Bertz CT molecular complexity index is 563. The number of nitrogen functional groups attached to an aromatic ring is 1. The van der Waals surface area contributed by atoms with Crippen molar-refractivity contribution in [2.75, 3.05) is 11.1 Å². The minimum atomic E-state index is -0.511. The van der Waals surface area contributed by atoms with E-state index in [9.17, 15) is 9.50 Å². The largest absolute Gasteiger partial charge is 0.494 e. The first-order valence-corrected chi connectivity index (χ1v) is 5.43. The van der Waals surface area contributed by atoms with Gasteiger partial charge in [-0.3, -0.25) is 4.98 Å². The van der Waals surface area contributed by atoms with E-state index in [-0.39, 0.29) is 29.0 Å². The van der Waals surface area contributed by atoms with Gasteiger partial charge in [0.25, 0.3) is 0 Å². The highest BCUT2D eigenvalue weighted by Gasteiger charge is 2.10. The molecular weight excluding hydrogens is 261 g/mol. The summed E-state index contributed by atoms with van der Waals surface area (Å²) in [6.45, 7) is 0.190. The van der Waals surface area contributed by atoms with E-state index in [2.05, 4.69) is 10.3 Å². The molecule has 0 bridgehead atoms. The smallest absolute Gasteiger partial charge is 0.215 e. The Morgan fingerprint density at radius 3 is 2.61 bits per heavy atom. The van der Waals surface area contributed by atoms with Gasteiger partial charge in [-0.05, 0) is 12.1 Å². The van der Waals surface area contributed by atoms with Crippen LogP contribution in [0.1, 0.15) is 5.56 Å². The van der Waals surface area contributed by atoms with Gasteiger partial charge in [0, 0.05) is 23.9 Å². The SMILES string of the molecule is Nc1cc(F)cc(Cl)c1CNc1cc(O)[nH]c1O. The number of hydrogen-bond donors (Lipinski definition) is 5. The van der Waals surface area contributed by atoms with Crippen LogP contribution in [-0.2, 0) is 6.54 Å². The Balaban J connectivity index is 2.18. The van der Waals surface area contributed by atoms with E-state index in [1.165, 1.54) is 6.07 Å². The van der Waals surface area contributed by atoms with Crippen LogP contribution in [0.2, 0.25) is 5.02 Å². The van der Waals surface area contributed by atoms with Gasteiger partial charge in [0.1, 0.15) is 11.5 Å². The van der Waals surface area contributed by atoms with Crippen molar-refractivity contribution in [3.63, 3.8) is 0 Å². The van der Waals surface area contributed by atoms with Crippen molar-refractivity contribution in [1.82, 2.24) is 4.98 Å². The maximum atomic E-state index is 13.0. The molecule has 1 aromatic heterocycles. The molecular formula is C11H11ClFN3O2. The Hall–Kier alpha value is -2.08. The van der Waals surface area contributed by atoms with E-state index in [0.717, 1.165) is 12.1 Å². The van der Waals surface area contributed by atoms with Crippen LogP contribution in [0, 0.1) is 5.82 Å². The van der Waals surface area contributed by atoms with Gasteiger partial charge in [-0.2, -0.15) is 0 Å². The van der Waals surface area contributed by atoms with Crippen molar-refractivity contribution >= 4 is 23.0 Å². The lowest BCUT2D eigenvalue weighted by molar-refractivity contribution is 0.426. The molecule has 0 radical (unpaired) electrons. The first-order chi connectivity index (χ1) is 8.47. The summed E-state index contributed by atoms with van der Waals surface area (Å²) in [5.74, 6) is -0.888. The highest BCUT2D eigenvalue weighted by molar-refractivity contribution is 6.31. The van der Waals surface area contributed by atoms with E-state index in [4.69, 9.17) is 22.4 Å². The predicted octanol–water partition coefficient (Wildman–Crippen LogP) is 2.41. The molecule has 1 heterocycles. The minimum Gasteiger partial charge on any atom is -0.494 e. The van der Waals surface area contributed by atoms with Crippen molar-refractivity contribution in [3.05, 3.63) is 34.6 Å². The molecule has 0 aliphatic carbocycles. The number of aromatic amines is 1. The highest BCUT2D eigenvalue weighted by Crippen LogP contribution is 2.29. The zero-order valence-electron chi connectivity index (χ0n) is 9.17. The van der Waals surface area contributed by atoms with Gasteiger partial charge in [0.05, 0.1) is 5.02 Å². The summed E-state index contributed by atoms with van der Waals surface area (Å²) in [4.78, 5) is 2.31. The minimum absolute atomic E-state index is 0.173. The van der Waals surface area contributed by atoms with E-state index < -0.39 is 5.82 Å². The second kappa shape index (κ2) is 4.66. The predicted molar refractivity (Wildman–Crippen MR) is 67.3 cm³/mol. The normalized spacial score (nSPS) is 10.6. The van der Waals surface area contributed by atoms with Crippen LogP contribution in [0.25, 0.3) is 0 Å². The summed E-state index contributed by atoms with van der Waals surface area (Å²) in [5, 5.41) is 21.5. The summed E-state index contributed by atoms with van der Waals surface area (Å²) in [5.41, 5.74) is 6.67. The van der Waals surface area contributed by atoms with Gasteiger partial charge in [0.2, 0.25) is 5.88 Å². The molecule has 0 amide bonds. The van der Waals surface area contributed by atoms with Crippen LogP contribution in [0.3, 0.4) is 0 Å². The number of nitrogens with two attached hydrogens (primary N) is 1. The van der Waals surface area contributed by atoms with Crippen LogP contribution in [0.5, 0.6) is 11.8 Å². The third-order valence-electron chi connectivity index (χ3n) is 2.43. The molecule has 0 aliphatic rings. The molecule has 0 spiro atoms. The quantitative estimate of drug-likeness (QED) is 0.554. The third-order valence-corrected chi connectivity index (χ3v) is 2.77. The summed E-state index contributed by atoms with van der Waals surface area (Å²) >= 11 is 5.87. The molecule has 18 heavy (non-hydrogen) atoms. The van der Waals surface area contributed by atoms with E-state index in [0.29, 0.717) is 11.3 Å². The van der Waals surface area contributed by atoms with Crippen molar-refractivity contribution in [2.24, 2.45) is 0 Å². The van der Waals surface area contributed by atoms with Crippen LogP contribution < -0.4 is 11.1 Å². The number of rotatable bonds is 3. The number of halogens is 2. The number of aromatic hydroxyl groups is 2. The lowest BCUT2D eigenvalue weighted by Crippen LogP contribution is -2.04. The number of H-pyrrole nitrogens is 1. The number of aromatic nitrogens is 1. The third kappa shape index (κ3) is 2.43. The van der Waals surface area contributed by atoms with Gasteiger partial charge in [0.15, 0.2) is 5.88 Å². The number of benzene rings is 1. The molecule has 0 fully saturated rings.